The highest BCUT2D eigenvalue weighted by Crippen LogP contribution is 2.23. The van der Waals surface area contributed by atoms with Crippen molar-refractivity contribution >= 4 is 5.91 Å². The van der Waals surface area contributed by atoms with Gasteiger partial charge in [0.1, 0.15) is 5.75 Å². The van der Waals surface area contributed by atoms with Crippen molar-refractivity contribution in [1.29, 1.82) is 0 Å². The van der Waals surface area contributed by atoms with E-state index < -0.39 is 11.6 Å². The van der Waals surface area contributed by atoms with Crippen molar-refractivity contribution in [3.8, 4) is 5.75 Å². The number of amides is 1. The van der Waals surface area contributed by atoms with Crippen molar-refractivity contribution in [3.05, 3.63) is 29.8 Å². The van der Waals surface area contributed by atoms with Gasteiger partial charge in [-0.1, -0.05) is 19.8 Å². The van der Waals surface area contributed by atoms with Gasteiger partial charge in [0.05, 0.1) is 0 Å². The summed E-state index contributed by atoms with van der Waals surface area (Å²) in [6.07, 6.45) is 4.44. The van der Waals surface area contributed by atoms with Gasteiger partial charge in [-0.3, -0.25) is 4.79 Å². The van der Waals surface area contributed by atoms with Crippen LogP contribution in [-0.4, -0.2) is 18.6 Å². The zero-order chi connectivity index (χ0) is 14.5. The van der Waals surface area contributed by atoms with Crippen molar-refractivity contribution in [3.63, 3.8) is 0 Å². The fourth-order valence-electron chi connectivity index (χ4n) is 2.49. The van der Waals surface area contributed by atoms with Crippen LogP contribution in [0, 0.1) is 17.6 Å². The Morgan fingerprint density at radius 2 is 2.05 bits per heavy atom. The molecule has 0 unspecified atom stereocenters. The molecule has 1 saturated carbocycles. The lowest BCUT2D eigenvalue weighted by atomic mass is 9.86. The number of hydrogen-bond acceptors (Lipinski definition) is 2. The van der Waals surface area contributed by atoms with Gasteiger partial charge >= 0.3 is 0 Å². The highest BCUT2D eigenvalue weighted by molar-refractivity contribution is 5.77. The molecule has 0 aliphatic heterocycles. The molecule has 1 aliphatic carbocycles. The maximum atomic E-state index is 13.0. The summed E-state index contributed by atoms with van der Waals surface area (Å²) in [5, 5.41) is 2.93. The van der Waals surface area contributed by atoms with Crippen LogP contribution in [0.25, 0.3) is 0 Å². The molecule has 0 bridgehead atoms. The summed E-state index contributed by atoms with van der Waals surface area (Å²) in [4.78, 5) is 11.8. The van der Waals surface area contributed by atoms with Crippen molar-refractivity contribution in [1.82, 2.24) is 5.32 Å². The van der Waals surface area contributed by atoms with Crippen molar-refractivity contribution in [2.45, 2.75) is 38.6 Å². The van der Waals surface area contributed by atoms with Crippen LogP contribution in [0.1, 0.15) is 32.6 Å². The Morgan fingerprint density at radius 1 is 1.30 bits per heavy atom. The molecule has 1 amide bonds. The van der Waals surface area contributed by atoms with Gasteiger partial charge in [0.25, 0.3) is 5.91 Å². The van der Waals surface area contributed by atoms with E-state index in [-0.39, 0.29) is 24.3 Å². The summed E-state index contributed by atoms with van der Waals surface area (Å²) >= 11 is 0. The molecule has 0 radical (unpaired) electrons. The molecule has 1 fully saturated rings. The van der Waals surface area contributed by atoms with Gasteiger partial charge in [-0.2, -0.15) is 0 Å². The lowest BCUT2D eigenvalue weighted by Crippen LogP contribution is -2.43. The minimum Gasteiger partial charge on any atom is -0.484 e. The van der Waals surface area contributed by atoms with Crippen molar-refractivity contribution < 1.29 is 18.3 Å². The Hall–Kier alpha value is -1.65. The summed E-state index contributed by atoms with van der Waals surface area (Å²) in [5.41, 5.74) is 0. The third-order valence-electron chi connectivity index (χ3n) is 3.72. The highest BCUT2D eigenvalue weighted by Gasteiger charge is 2.22. The zero-order valence-corrected chi connectivity index (χ0v) is 11.5. The fraction of sp³-hybridized carbons (Fsp3) is 0.533. The molecular weight excluding hydrogens is 264 g/mol. The van der Waals surface area contributed by atoms with Crippen LogP contribution in [0.2, 0.25) is 0 Å². The van der Waals surface area contributed by atoms with Gasteiger partial charge in [-0.25, -0.2) is 8.78 Å². The van der Waals surface area contributed by atoms with Crippen LogP contribution in [0.15, 0.2) is 18.2 Å². The van der Waals surface area contributed by atoms with Crippen LogP contribution in [0.4, 0.5) is 8.78 Å². The second-order valence-corrected chi connectivity index (χ2v) is 5.30. The van der Waals surface area contributed by atoms with E-state index in [9.17, 15) is 13.6 Å². The largest absolute Gasteiger partial charge is 0.484 e. The van der Waals surface area contributed by atoms with E-state index in [2.05, 4.69) is 12.2 Å². The SMILES string of the molecule is C[C@@H]1CCCC[C@H]1NC(=O)COc1ccc(F)c(F)c1. The van der Waals surface area contributed by atoms with Crippen LogP contribution in [0.5, 0.6) is 5.75 Å². The average Bonchev–Trinajstić information content (AvgIpc) is 2.43. The maximum absolute atomic E-state index is 13.0. The Bertz CT molecular complexity index is 479. The summed E-state index contributed by atoms with van der Waals surface area (Å²) in [6.45, 7) is 1.94. The first-order valence-electron chi connectivity index (χ1n) is 6.93. The number of nitrogens with one attached hydrogen (secondary N) is 1. The van der Waals surface area contributed by atoms with Crippen LogP contribution >= 0.6 is 0 Å². The van der Waals surface area contributed by atoms with Crippen LogP contribution in [-0.2, 0) is 4.79 Å². The van der Waals surface area contributed by atoms with Gasteiger partial charge in [-0.15, -0.1) is 0 Å². The van der Waals surface area contributed by atoms with Gasteiger partial charge in [0, 0.05) is 12.1 Å². The molecule has 1 aromatic carbocycles. The fourth-order valence-corrected chi connectivity index (χ4v) is 2.49. The number of hydrogen-bond donors (Lipinski definition) is 1. The van der Waals surface area contributed by atoms with Gasteiger partial charge in [0.2, 0.25) is 0 Å². The maximum Gasteiger partial charge on any atom is 0.258 e. The van der Waals surface area contributed by atoms with Gasteiger partial charge in [-0.05, 0) is 30.9 Å². The predicted octanol–water partition coefficient (Wildman–Crippen LogP) is 3.04. The molecule has 3 nitrogen and oxygen atoms in total. The minimum absolute atomic E-state index is 0.149. The second kappa shape index (κ2) is 6.68. The quantitative estimate of drug-likeness (QED) is 0.922. The third kappa shape index (κ3) is 3.92. The molecule has 0 heterocycles. The van der Waals surface area contributed by atoms with Crippen molar-refractivity contribution in [2.24, 2.45) is 5.92 Å². The first-order valence-corrected chi connectivity index (χ1v) is 6.93. The van der Waals surface area contributed by atoms with E-state index in [0.717, 1.165) is 31.4 Å². The molecule has 5 heteroatoms. The number of rotatable bonds is 4. The minimum atomic E-state index is -0.983. The second-order valence-electron chi connectivity index (χ2n) is 5.30. The number of carbonyl (C=O) groups is 1. The molecule has 2 rings (SSSR count). The van der Waals surface area contributed by atoms with Gasteiger partial charge < -0.3 is 10.1 Å². The highest BCUT2D eigenvalue weighted by atomic mass is 19.2. The molecule has 1 N–H and O–H groups in total. The first-order chi connectivity index (χ1) is 9.56. The molecule has 0 aromatic heterocycles. The molecule has 20 heavy (non-hydrogen) atoms. The van der Waals surface area contributed by atoms with Crippen LogP contribution in [0.3, 0.4) is 0 Å². The molecule has 110 valence electrons. The predicted molar refractivity (Wildman–Crippen MR) is 71.4 cm³/mol. The first kappa shape index (κ1) is 14.8. The normalized spacial score (nSPS) is 22.4. The van der Waals surface area contributed by atoms with E-state index >= 15 is 0 Å². The standard InChI is InChI=1S/C15H19F2NO2/c1-10-4-2-3-5-14(10)18-15(19)9-20-11-6-7-12(16)13(17)8-11/h6-8,10,14H,2-5,9H2,1H3,(H,18,19)/t10-,14-/m1/s1. The van der Waals surface area contributed by atoms with E-state index in [4.69, 9.17) is 4.74 Å². The third-order valence-corrected chi connectivity index (χ3v) is 3.72. The molecular formula is C15H19F2NO2. The lowest BCUT2D eigenvalue weighted by Gasteiger charge is -2.29. The Balaban J connectivity index is 1.81. The Labute approximate surface area is 117 Å². The Kier molecular flexibility index (Phi) is 4.93. The number of carbonyl (C=O) groups excluding carboxylic acids is 1. The van der Waals surface area contributed by atoms with Gasteiger partial charge in [0.15, 0.2) is 18.2 Å². The number of benzene rings is 1. The molecule has 1 aliphatic rings. The summed E-state index contributed by atoms with van der Waals surface area (Å²) < 4.78 is 30.9. The average molecular weight is 283 g/mol. The van der Waals surface area contributed by atoms with E-state index in [1.807, 2.05) is 0 Å². The topological polar surface area (TPSA) is 38.3 Å². The van der Waals surface area contributed by atoms with E-state index in [1.165, 1.54) is 12.5 Å². The van der Waals surface area contributed by atoms with Crippen LogP contribution < -0.4 is 10.1 Å². The molecule has 1 aromatic rings. The number of ether oxygens (including phenoxy) is 1. The summed E-state index contributed by atoms with van der Waals surface area (Å²) in [5.74, 6) is -1.53. The van der Waals surface area contributed by atoms with Crippen molar-refractivity contribution in [2.75, 3.05) is 6.61 Å². The zero-order valence-electron chi connectivity index (χ0n) is 11.5. The smallest absolute Gasteiger partial charge is 0.258 e. The summed E-state index contributed by atoms with van der Waals surface area (Å²) in [7, 11) is 0. The monoisotopic (exact) mass is 283 g/mol. The number of halogens is 2. The Morgan fingerprint density at radius 3 is 2.75 bits per heavy atom. The van der Waals surface area contributed by atoms with E-state index in [0.29, 0.717) is 5.92 Å². The molecule has 2 atom stereocenters. The molecule has 0 spiro atoms. The summed E-state index contributed by atoms with van der Waals surface area (Å²) in [6, 6.07) is 3.40. The lowest BCUT2D eigenvalue weighted by molar-refractivity contribution is -0.124. The van der Waals surface area contributed by atoms with E-state index in [1.54, 1.807) is 0 Å². The molecule has 0 saturated heterocycles.